The van der Waals surface area contributed by atoms with Crippen molar-refractivity contribution in [2.45, 2.75) is 52.7 Å². The van der Waals surface area contributed by atoms with E-state index in [1.807, 2.05) is 24.3 Å². The fraction of sp³-hybridized carbons (Fsp3) is 0.310. The van der Waals surface area contributed by atoms with Gasteiger partial charge in [0.15, 0.2) is 0 Å². The first-order valence-electron chi connectivity index (χ1n) is 12.5. The third-order valence-electron chi connectivity index (χ3n) is 6.83. The summed E-state index contributed by atoms with van der Waals surface area (Å²) in [6, 6.07) is 15.0. The number of nitrogens with zero attached hydrogens (tertiary/aromatic N) is 3. The minimum Gasteiger partial charge on any atom is -0.489 e. The number of carbonyl (C=O) groups excluding carboxylic acids is 1. The summed E-state index contributed by atoms with van der Waals surface area (Å²) < 4.78 is 7.24. The Hall–Kier alpha value is -3.78. The van der Waals surface area contributed by atoms with Crippen LogP contribution in [0, 0.1) is 12.8 Å². The molecule has 37 heavy (non-hydrogen) atoms. The standard InChI is InChI=1S/C29H30N4O3S/c1-18-4-7-22(8-5-18)16-36-23-11-9-21(10-12-23)15-31-32-27(34)20(3)33-17-30-28-26(29(33)35)24-13-6-19(2)14-25(24)37-28/h4-5,7-12,15,17,19-20H,6,13-14,16H2,1-3H3,(H,32,34)/b31-15-/t19-,20-/m1/s1. The van der Waals surface area contributed by atoms with Crippen LogP contribution in [0.25, 0.3) is 10.2 Å². The molecule has 190 valence electrons. The lowest BCUT2D eigenvalue weighted by Gasteiger charge is -2.18. The molecule has 2 heterocycles. The maximum Gasteiger partial charge on any atom is 0.263 e. The zero-order valence-corrected chi connectivity index (χ0v) is 22.0. The fourth-order valence-electron chi connectivity index (χ4n) is 4.51. The Morgan fingerprint density at radius 2 is 2.00 bits per heavy atom. The number of thiophene rings is 1. The molecule has 0 saturated heterocycles. The second-order valence-electron chi connectivity index (χ2n) is 9.74. The minimum absolute atomic E-state index is 0.162. The summed E-state index contributed by atoms with van der Waals surface area (Å²) in [5.41, 5.74) is 6.64. The topological polar surface area (TPSA) is 85.6 Å². The number of hydrogen-bond donors (Lipinski definition) is 1. The monoisotopic (exact) mass is 514 g/mol. The molecule has 0 unspecified atom stereocenters. The molecule has 0 spiro atoms. The van der Waals surface area contributed by atoms with Gasteiger partial charge in [-0.15, -0.1) is 11.3 Å². The molecular weight excluding hydrogens is 484 g/mol. The fourth-order valence-corrected chi connectivity index (χ4v) is 5.85. The van der Waals surface area contributed by atoms with Gasteiger partial charge in [-0.2, -0.15) is 5.10 Å². The number of hydrogen-bond acceptors (Lipinski definition) is 6. The lowest BCUT2D eigenvalue weighted by molar-refractivity contribution is -0.123. The molecule has 8 heteroatoms. The first kappa shape index (κ1) is 24.9. The molecule has 7 nitrogen and oxygen atoms in total. The first-order valence-corrected chi connectivity index (χ1v) is 13.3. The van der Waals surface area contributed by atoms with Crippen LogP contribution in [0.3, 0.4) is 0 Å². The predicted octanol–water partition coefficient (Wildman–Crippen LogP) is 5.18. The summed E-state index contributed by atoms with van der Waals surface area (Å²) in [6.45, 7) is 6.47. The highest BCUT2D eigenvalue weighted by molar-refractivity contribution is 7.18. The van der Waals surface area contributed by atoms with Crippen LogP contribution in [-0.4, -0.2) is 21.7 Å². The van der Waals surface area contributed by atoms with Gasteiger partial charge in [-0.3, -0.25) is 14.2 Å². The second kappa shape index (κ2) is 10.7. The van der Waals surface area contributed by atoms with Gasteiger partial charge in [-0.25, -0.2) is 10.4 Å². The summed E-state index contributed by atoms with van der Waals surface area (Å²) in [7, 11) is 0. The molecule has 1 N–H and O–H groups in total. The number of carbonyl (C=O) groups is 1. The van der Waals surface area contributed by atoms with Crippen LogP contribution in [0.4, 0.5) is 0 Å². The quantitative estimate of drug-likeness (QED) is 0.272. The molecule has 1 amide bonds. The van der Waals surface area contributed by atoms with E-state index in [1.165, 1.54) is 21.3 Å². The van der Waals surface area contributed by atoms with Crippen LogP contribution >= 0.6 is 11.3 Å². The average molecular weight is 515 g/mol. The number of ether oxygens (including phenoxy) is 1. The van der Waals surface area contributed by atoms with Gasteiger partial charge in [0, 0.05) is 4.88 Å². The molecule has 1 aliphatic carbocycles. The van der Waals surface area contributed by atoms with E-state index in [0.717, 1.165) is 46.5 Å². The molecule has 2 atom stereocenters. The van der Waals surface area contributed by atoms with E-state index in [2.05, 4.69) is 53.6 Å². The molecule has 2 aromatic heterocycles. The van der Waals surface area contributed by atoms with Crippen molar-refractivity contribution >= 4 is 33.7 Å². The molecule has 0 saturated carbocycles. The summed E-state index contributed by atoms with van der Waals surface area (Å²) >= 11 is 1.60. The minimum atomic E-state index is -0.739. The van der Waals surface area contributed by atoms with Crippen molar-refractivity contribution in [3.63, 3.8) is 0 Å². The van der Waals surface area contributed by atoms with Crippen molar-refractivity contribution in [2.24, 2.45) is 11.0 Å². The highest BCUT2D eigenvalue weighted by Crippen LogP contribution is 2.35. The lowest BCUT2D eigenvalue weighted by Crippen LogP contribution is -2.34. The zero-order valence-electron chi connectivity index (χ0n) is 21.2. The van der Waals surface area contributed by atoms with Crippen molar-refractivity contribution in [2.75, 3.05) is 0 Å². The van der Waals surface area contributed by atoms with Gasteiger partial charge in [0.05, 0.1) is 17.9 Å². The van der Waals surface area contributed by atoms with Crippen LogP contribution in [0.15, 0.2) is 64.8 Å². The van der Waals surface area contributed by atoms with Gasteiger partial charge in [0.2, 0.25) is 0 Å². The van der Waals surface area contributed by atoms with Gasteiger partial charge in [0.25, 0.3) is 11.5 Å². The number of nitrogens with one attached hydrogen (secondary N) is 1. The third kappa shape index (κ3) is 5.49. The van der Waals surface area contributed by atoms with Crippen LogP contribution in [0.5, 0.6) is 5.75 Å². The van der Waals surface area contributed by atoms with E-state index in [0.29, 0.717) is 17.9 Å². The van der Waals surface area contributed by atoms with E-state index in [9.17, 15) is 9.59 Å². The van der Waals surface area contributed by atoms with Crippen molar-refractivity contribution in [3.8, 4) is 5.75 Å². The summed E-state index contributed by atoms with van der Waals surface area (Å²) in [5.74, 6) is 0.991. The van der Waals surface area contributed by atoms with E-state index in [-0.39, 0.29) is 11.5 Å². The van der Waals surface area contributed by atoms with Gasteiger partial charge in [-0.05, 0) is 80.0 Å². The highest BCUT2D eigenvalue weighted by Gasteiger charge is 2.25. The Kier molecular flexibility index (Phi) is 7.19. The Morgan fingerprint density at radius 1 is 1.24 bits per heavy atom. The Labute approximate surface area is 219 Å². The Bertz CT molecular complexity index is 1500. The summed E-state index contributed by atoms with van der Waals surface area (Å²) in [6.07, 6.45) is 5.98. The van der Waals surface area contributed by atoms with Gasteiger partial charge in [-0.1, -0.05) is 36.8 Å². The Morgan fingerprint density at radius 3 is 2.76 bits per heavy atom. The molecule has 4 aromatic rings. The number of benzene rings is 2. The van der Waals surface area contributed by atoms with E-state index < -0.39 is 6.04 Å². The summed E-state index contributed by atoms with van der Waals surface area (Å²) in [4.78, 5) is 32.5. The third-order valence-corrected chi connectivity index (χ3v) is 7.99. The van der Waals surface area contributed by atoms with E-state index >= 15 is 0 Å². The van der Waals surface area contributed by atoms with Gasteiger partial charge < -0.3 is 4.74 Å². The molecule has 0 aliphatic heterocycles. The molecule has 2 aromatic carbocycles. The number of hydrazone groups is 1. The summed E-state index contributed by atoms with van der Waals surface area (Å²) in [5, 5.41) is 4.75. The number of rotatable bonds is 7. The lowest BCUT2D eigenvalue weighted by atomic mass is 9.89. The number of amides is 1. The van der Waals surface area contributed by atoms with Crippen molar-refractivity contribution in [1.29, 1.82) is 0 Å². The average Bonchev–Trinajstić information content (AvgIpc) is 3.27. The molecule has 0 fully saturated rings. The smallest absolute Gasteiger partial charge is 0.263 e. The number of aromatic nitrogens is 2. The first-order chi connectivity index (χ1) is 17.9. The number of fused-ring (bicyclic) bond motifs is 3. The maximum absolute atomic E-state index is 13.3. The molecule has 5 rings (SSSR count). The van der Waals surface area contributed by atoms with Crippen molar-refractivity contribution in [3.05, 3.63) is 92.3 Å². The van der Waals surface area contributed by atoms with Crippen molar-refractivity contribution < 1.29 is 9.53 Å². The van der Waals surface area contributed by atoms with E-state index in [1.54, 1.807) is 24.5 Å². The molecule has 1 aliphatic rings. The largest absolute Gasteiger partial charge is 0.489 e. The van der Waals surface area contributed by atoms with Gasteiger partial charge >= 0.3 is 0 Å². The molecular formula is C29H30N4O3S. The molecule has 0 radical (unpaired) electrons. The molecule has 0 bridgehead atoms. The van der Waals surface area contributed by atoms with Crippen LogP contribution in [0.1, 0.15) is 53.4 Å². The highest BCUT2D eigenvalue weighted by atomic mass is 32.1. The van der Waals surface area contributed by atoms with Gasteiger partial charge in [0.1, 0.15) is 23.2 Å². The Balaban J connectivity index is 1.20. The SMILES string of the molecule is Cc1ccc(COc2ccc(/C=N\NC(=O)[C@@H](C)n3cnc4sc5c(c4c3=O)CC[C@@H](C)C5)cc2)cc1. The van der Waals surface area contributed by atoms with E-state index in [4.69, 9.17) is 4.74 Å². The number of aryl methyl sites for hydroxylation is 2. The maximum atomic E-state index is 13.3. The zero-order chi connectivity index (χ0) is 25.9. The second-order valence-corrected chi connectivity index (χ2v) is 10.8. The van der Waals surface area contributed by atoms with Crippen LogP contribution in [-0.2, 0) is 24.2 Å². The van der Waals surface area contributed by atoms with Crippen LogP contribution < -0.4 is 15.7 Å². The van der Waals surface area contributed by atoms with Crippen molar-refractivity contribution in [1.82, 2.24) is 15.0 Å². The van der Waals surface area contributed by atoms with Crippen LogP contribution in [0.2, 0.25) is 0 Å². The normalized spacial score (nSPS) is 16.0. The predicted molar refractivity (Wildman–Crippen MR) is 147 cm³/mol.